The zero-order valence-electron chi connectivity index (χ0n) is 16.2. The molecule has 1 N–H and O–H groups in total. The van der Waals surface area contributed by atoms with Crippen LogP contribution >= 0.6 is 0 Å². The number of amides is 2. The highest BCUT2D eigenvalue weighted by Crippen LogP contribution is 2.26. The second kappa shape index (κ2) is 8.07. The molecule has 2 aliphatic heterocycles. The van der Waals surface area contributed by atoms with Crippen LogP contribution in [-0.4, -0.2) is 47.2 Å². The third-order valence-electron chi connectivity index (χ3n) is 5.78. The maximum absolute atomic E-state index is 12.9. The minimum Gasteiger partial charge on any atom is -0.508 e. The molecule has 6 nitrogen and oxygen atoms in total. The fraction of sp³-hybridized carbons (Fsp3) is 0.348. The molecule has 29 heavy (non-hydrogen) atoms. The van der Waals surface area contributed by atoms with Gasteiger partial charge >= 0.3 is 0 Å². The minimum absolute atomic E-state index is 0.0611. The number of anilines is 1. The van der Waals surface area contributed by atoms with Crippen LogP contribution in [0.1, 0.15) is 46.4 Å². The van der Waals surface area contributed by atoms with Crippen molar-refractivity contribution in [1.82, 2.24) is 4.90 Å². The number of nitrogens with zero attached hydrogens (tertiary/aromatic N) is 2. The van der Waals surface area contributed by atoms with Crippen LogP contribution in [0.25, 0.3) is 0 Å². The van der Waals surface area contributed by atoms with Crippen molar-refractivity contribution in [3.8, 4) is 5.75 Å². The third-order valence-corrected chi connectivity index (χ3v) is 5.78. The van der Waals surface area contributed by atoms with Crippen molar-refractivity contribution < 1.29 is 19.5 Å². The lowest BCUT2D eigenvalue weighted by Gasteiger charge is -2.31. The van der Waals surface area contributed by atoms with Gasteiger partial charge in [0.15, 0.2) is 5.78 Å². The molecule has 0 aromatic heterocycles. The first-order valence-electron chi connectivity index (χ1n) is 10.1. The van der Waals surface area contributed by atoms with Crippen LogP contribution in [0.3, 0.4) is 0 Å². The Kier molecular flexibility index (Phi) is 5.34. The van der Waals surface area contributed by atoms with Gasteiger partial charge in [-0.2, -0.15) is 0 Å². The number of aromatic hydroxyl groups is 1. The summed E-state index contributed by atoms with van der Waals surface area (Å²) in [5.41, 5.74) is 1.94. The molecule has 4 rings (SSSR count). The zero-order chi connectivity index (χ0) is 20.4. The summed E-state index contributed by atoms with van der Waals surface area (Å²) in [6.45, 7) is 1.75. The van der Waals surface area contributed by atoms with Gasteiger partial charge in [0.1, 0.15) is 5.75 Å². The van der Waals surface area contributed by atoms with E-state index >= 15 is 0 Å². The molecule has 2 aromatic rings. The Morgan fingerprint density at radius 1 is 0.931 bits per heavy atom. The Bertz CT molecular complexity index is 930. The lowest BCUT2D eigenvalue weighted by atomic mass is 9.88. The van der Waals surface area contributed by atoms with E-state index in [0.717, 1.165) is 12.1 Å². The molecular weight excluding hydrogens is 368 g/mol. The third kappa shape index (κ3) is 4.01. The molecule has 2 amide bonds. The summed E-state index contributed by atoms with van der Waals surface area (Å²) < 4.78 is 0. The van der Waals surface area contributed by atoms with E-state index in [1.165, 1.54) is 12.1 Å². The SMILES string of the molecule is O=C(c1ccc(O)cc1)C1CCN(C(=O)c2cccc(N3CCCC3=O)c2)CC1. The van der Waals surface area contributed by atoms with Gasteiger partial charge in [-0.25, -0.2) is 0 Å². The Balaban J connectivity index is 1.39. The predicted molar refractivity (Wildman–Crippen MR) is 109 cm³/mol. The molecule has 0 aliphatic carbocycles. The molecule has 0 atom stereocenters. The largest absolute Gasteiger partial charge is 0.508 e. The van der Waals surface area contributed by atoms with E-state index in [1.54, 1.807) is 34.1 Å². The fourth-order valence-corrected chi connectivity index (χ4v) is 4.12. The summed E-state index contributed by atoms with van der Waals surface area (Å²) in [7, 11) is 0. The average molecular weight is 392 g/mol. The number of carbonyl (C=O) groups excluding carboxylic acids is 3. The zero-order valence-corrected chi connectivity index (χ0v) is 16.2. The van der Waals surface area contributed by atoms with Crippen LogP contribution < -0.4 is 4.90 Å². The number of ketones is 1. The molecule has 0 radical (unpaired) electrons. The van der Waals surface area contributed by atoms with Gasteiger partial charge in [0.25, 0.3) is 5.91 Å². The molecule has 0 spiro atoms. The van der Waals surface area contributed by atoms with E-state index < -0.39 is 0 Å². The summed E-state index contributed by atoms with van der Waals surface area (Å²) in [5, 5.41) is 9.38. The number of carbonyl (C=O) groups is 3. The maximum Gasteiger partial charge on any atom is 0.253 e. The van der Waals surface area contributed by atoms with Gasteiger partial charge in [0.05, 0.1) is 0 Å². The smallest absolute Gasteiger partial charge is 0.253 e. The van der Waals surface area contributed by atoms with Crippen LogP contribution in [0.5, 0.6) is 5.75 Å². The molecule has 0 bridgehead atoms. The van der Waals surface area contributed by atoms with Crippen LogP contribution in [0, 0.1) is 5.92 Å². The number of Topliss-reactive ketones (excluding diaryl/α,β-unsaturated/α-hetero) is 1. The van der Waals surface area contributed by atoms with E-state index in [9.17, 15) is 19.5 Å². The van der Waals surface area contributed by atoms with E-state index in [1.807, 2.05) is 12.1 Å². The molecule has 0 unspecified atom stereocenters. The molecule has 2 aliphatic rings. The molecule has 2 fully saturated rings. The number of phenols is 1. The van der Waals surface area contributed by atoms with Crippen molar-refractivity contribution in [1.29, 1.82) is 0 Å². The quantitative estimate of drug-likeness (QED) is 0.810. The summed E-state index contributed by atoms with van der Waals surface area (Å²) in [6.07, 6.45) is 2.64. The van der Waals surface area contributed by atoms with Crippen molar-refractivity contribution in [3.05, 3.63) is 59.7 Å². The molecule has 2 saturated heterocycles. The van der Waals surface area contributed by atoms with E-state index in [4.69, 9.17) is 0 Å². The van der Waals surface area contributed by atoms with Gasteiger partial charge < -0.3 is 14.9 Å². The Morgan fingerprint density at radius 2 is 1.66 bits per heavy atom. The highest BCUT2D eigenvalue weighted by Gasteiger charge is 2.29. The van der Waals surface area contributed by atoms with Gasteiger partial charge in [-0.1, -0.05) is 6.07 Å². The Hall–Kier alpha value is -3.15. The van der Waals surface area contributed by atoms with Gasteiger partial charge in [0, 0.05) is 48.8 Å². The van der Waals surface area contributed by atoms with Crippen molar-refractivity contribution in [2.45, 2.75) is 25.7 Å². The number of likely N-dealkylation sites (tertiary alicyclic amines) is 1. The van der Waals surface area contributed by atoms with Crippen LogP contribution in [-0.2, 0) is 4.79 Å². The topological polar surface area (TPSA) is 77.9 Å². The summed E-state index contributed by atoms with van der Waals surface area (Å²) >= 11 is 0. The highest BCUT2D eigenvalue weighted by molar-refractivity contribution is 6.00. The number of hydrogen-bond donors (Lipinski definition) is 1. The predicted octanol–water partition coefficient (Wildman–Crippen LogP) is 3.25. The molecule has 2 heterocycles. The number of piperidine rings is 1. The lowest BCUT2D eigenvalue weighted by molar-refractivity contribution is -0.117. The molecular formula is C23H24N2O4. The minimum atomic E-state index is -0.114. The number of rotatable bonds is 4. The van der Waals surface area contributed by atoms with Crippen LogP contribution in [0.4, 0.5) is 5.69 Å². The van der Waals surface area contributed by atoms with Crippen molar-refractivity contribution in [3.63, 3.8) is 0 Å². The molecule has 6 heteroatoms. The van der Waals surface area contributed by atoms with Crippen LogP contribution in [0.15, 0.2) is 48.5 Å². The van der Waals surface area contributed by atoms with Crippen molar-refractivity contribution in [2.24, 2.45) is 5.92 Å². The molecule has 0 saturated carbocycles. The number of phenolic OH excluding ortho intramolecular Hbond substituents is 1. The first-order chi connectivity index (χ1) is 14.0. The summed E-state index contributed by atoms with van der Waals surface area (Å²) in [5.74, 6) is 0.126. The van der Waals surface area contributed by atoms with E-state index in [0.29, 0.717) is 50.0 Å². The van der Waals surface area contributed by atoms with Gasteiger partial charge in [0.2, 0.25) is 5.91 Å². The van der Waals surface area contributed by atoms with Gasteiger partial charge in [-0.3, -0.25) is 14.4 Å². The molecule has 2 aromatic carbocycles. The first-order valence-corrected chi connectivity index (χ1v) is 10.1. The highest BCUT2D eigenvalue weighted by atomic mass is 16.3. The second-order valence-electron chi connectivity index (χ2n) is 7.68. The normalized spacial score (nSPS) is 17.6. The standard InChI is InChI=1S/C23H24N2O4/c26-20-8-6-16(7-9-20)22(28)17-10-13-24(14-11-17)23(29)18-3-1-4-19(15-18)25-12-2-5-21(25)27/h1,3-4,6-9,15,17,26H,2,5,10-14H2. The summed E-state index contributed by atoms with van der Waals surface area (Å²) in [6, 6.07) is 13.6. The fourth-order valence-electron chi connectivity index (χ4n) is 4.12. The monoisotopic (exact) mass is 392 g/mol. The van der Waals surface area contributed by atoms with Crippen LogP contribution in [0.2, 0.25) is 0 Å². The number of hydrogen-bond acceptors (Lipinski definition) is 4. The maximum atomic E-state index is 12.9. The first kappa shape index (κ1) is 19.2. The lowest BCUT2D eigenvalue weighted by Crippen LogP contribution is -2.40. The van der Waals surface area contributed by atoms with Crippen molar-refractivity contribution >= 4 is 23.3 Å². The Labute approximate surface area is 169 Å². The van der Waals surface area contributed by atoms with E-state index in [-0.39, 0.29) is 29.3 Å². The van der Waals surface area contributed by atoms with Crippen molar-refractivity contribution in [2.75, 3.05) is 24.5 Å². The molecule has 150 valence electrons. The summed E-state index contributed by atoms with van der Waals surface area (Å²) in [4.78, 5) is 41.1. The van der Waals surface area contributed by atoms with Gasteiger partial charge in [-0.15, -0.1) is 0 Å². The second-order valence-corrected chi connectivity index (χ2v) is 7.68. The van der Waals surface area contributed by atoms with Gasteiger partial charge in [-0.05, 0) is 61.7 Å². The van der Waals surface area contributed by atoms with E-state index in [2.05, 4.69) is 0 Å². The average Bonchev–Trinajstić information content (AvgIpc) is 3.19. The number of benzene rings is 2. The Morgan fingerprint density at radius 3 is 2.31 bits per heavy atom.